The number of anilines is 1. The molecule has 0 radical (unpaired) electrons. The lowest BCUT2D eigenvalue weighted by Crippen LogP contribution is -2.49. The minimum atomic E-state index is -0.863. The summed E-state index contributed by atoms with van der Waals surface area (Å²) in [4.78, 5) is 26.8. The monoisotopic (exact) mass is 353 g/mol. The number of nitrogens with zero attached hydrogens (tertiary/aromatic N) is 4. The number of aromatic nitrogens is 2. The van der Waals surface area contributed by atoms with Gasteiger partial charge in [-0.05, 0) is 13.5 Å². The van der Waals surface area contributed by atoms with Crippen LogP contribution in [0.15, 0.2) is 12.3 Å². The summed E-state index contributed by atoms with van der Waals surface area (Å²) in [5, 5.41) is 15.9. The van der Waals surface area contributed by atoms with E-state index in [0.29, 0.717) is 32.1 Å². The van der Waals surface area contributed by atoms with Gasteiger partial charge in [0.05, 0.1) is 32.0 Å². The minimum Gasteiger partial charge on any atom is -0.480 e. The van der Waals surface area contributed by atoms with E-state index >= 15 is 0 Å². The van der Waals surface area contributed by atoms with Gasteiger partial charge >= 0.3 is 5.97 Å². The van der Waals surface area contributed by atoms with Crippen molar-refractivity contribution in [3.63, 3.8) is 0 Å². The Labute approximate surface area is 147 Å². The lowest BCUT2D eigenvalue weighted by atomic mass is 10.2. The first-order valence-corrected chi connectivity index (χ1v) is 8.54. The Balaban J connectivity index is 1.80. The minimum absolute atomic E-state index is 0.0260. The second kappa shape index (κ2) is 9.50. The molecule has 1 aromatic rings. The zero-order valence-corrected chi connectivity index (χ0v) is 14.8. The molecule has 9 nitrogen and oxygen atoms in total. The molecule has 1 aliphatic heterocycles. The van der Waals surface area contributed by atoms with Gasteiger partial charge in [0.15, 0.2) is 0 Å². The van der Waals surface area contributed by atoms with Crippen LogP contribution in [0.4, 0.5) is 5.82 Å². The van der Waals surface area contributed by atoms with Crippen LogP contribution in [0.3, 0.4) is 0 Å². The zero-order valence-electron chi connectivity index (χ0n) is 14.8. The van der Waals surface area contributed by atoms with Crippen LogP contribution in [0, 0.1) is 0 Å². The van der Waals surface area contributed by atoms with Gasteiger partial charge in [0, 0.05) is 32.2 Å². The smallest absolute Gasteiger partial charge is 0.317 e. The predicted octanol–water partition coefficient (Wildman–Crippen LogP) is -0.0512. The highest BCUT2D eigenvalue weighted by molar-refractivity contribution is 5.91. The van der Waals surface area contributed by atoms with Crippen molar-refractivity contribution in [2.24, 2.45) is 0 Å². The van der Waals surface area contributed by atoms with E-state index in [0.717, 1.165) is 13.0 Å². The van der Waals surface area contributed by atoms with Gasteiger partial charge in [0.25, 0.3) is 0 Å². The van der Waals surface area contributed by atoms with Gasteiger partial charge in [-0.25, -0.2) is 4.68 Å². The van der Waals surface area contributed by atoms with Crippen molar-refractivity contribution in [2.45, 2.75) is 26.0 Å². The molecule has 1 atom stereocenters. The van der Waals surface area contributed by atoms with Crippen LogP contribution in [-0.4, -0.2) is 89.0 Å². The van der Waals surface area contributed by atoms with E-state index in [1.165, 1.54) is 0 Å². The summed E-state index contributed by atoms with van der Waals surface area (Å²) in [5.74, 6) is -0.242. The number of carbonyl (C=O) groups is 2. The van der Waals surface area contributed by atoms with E-state index in [2.05, 4.69) is 17.3 Å². The van der Waals surface area contributed by atoms with E-state index in [-0.39, 0.29) is 25.1 Å². The molecule has 2 heterocycles. The quantitative estimate of drug-likeness (QED) is 0.642. The molecule has 1 fully saturated rings. The number of carboxylic acid groups (broad SMARTS) is 1. The Bertz CT molecular complexity index is 577. The number of ether oxygens (including phenoxy) is 1. The number of likely N-dealkylation sites (N-methyl/N-ethyl adjacent to an activating group) is 1. The van der Waals surface area contributed by atoms with Crippen molar-refractivity contribution in [3.8, 4) is 0 Å². The number of hydrogen-bond donors (Lipinski definition) is 2. The molecule has 9 heteroatoms. The van der Waals surface area contributed by atoms with Crippen molar-refractivity contribution in [3.05, 3.63) is 12.3 Å². The first-order chi connectivity index (χ1) is 12.0. The van der Waals surface area contributed by atoms with Gasteiger partial charge in [-0.1, -0.05) is 6.92 Å². The highest BCUT2D eigenvalue weighted by Gasteiger charge is 2.24. The summed E-state index contributed by atoms with van der Waals surface area (Å²) < 4.78 is 7.46. The molecule has 0 aromatic carbocycles. The second-order valence-corrected chi connectivity index (χ2v) is 6.31. The Hall–Kier alpha value is -1.97. The zero-order chi connectivity index (χ0) is 18.2. The molecule has 1 aromatic heterocycles. The molecule has 0 spiro atoms. The molecule has 0 bridgehead atoms. The third-order valence-corrected chi connectivity index (χ3v) is 3.93. The van der Waals surface area contributed by atoms with Crippen LogP contribution in [-0.2, 0) is 20.9 Å². The molecule has 25 heavy (non-hydrogen) atoms. The molecule has 2 N–H and O–H groups in total. The Morgan fingerprint density at radius 1 is 1.52 bits per heavy atom. The van der Waals surface area contributed by atoms with Crippen LogP contribution < -0.4 is 5.32 Å². The predicted molar refractivity (Wildman–Crippen MR) is 92.5 cm³/mol. The molecule has 2 rings (SSSR count). The number of rotatable bonds is 9. The fourth-order valence-corrected chi connectivity index (χ4v) is 2.89. The Kier molecular flexibility index (Phi) is 7.35. The number of amides is 1. The van der Waals surface area contributed by atoms with Crippen LogP contribution in [0.1, 0.15) is 13.3 Å². The standard InChI is InChI=1S/C16H27N5O4/c1-3-6-21-14(4-5-17-21)18-15(22)11-20-7-8-25-13(10-20)9-19(2)12-16(23)24/h4-5,13H,3,6-12H2,1-2H3,(H,18,22)(H,23,24). The maximum atomic E-state index is 12.3. The lowest BCUT2D eigenvalue weighted by Gasteiger charge is -2.34. The van der Waals surface area contributed by atoms with E-state index < -0.39 is 5.97 Å². The van der Waals surface area contributed by atoms with Gasteiger partial charge in [-0.2, -0.15) is 5.10 Å². The molecule has 0 saturated carbocycles. The summed E-state index contributed by atoms with van der Waals surface area (Å²) in [6, 6.07) is 1.79. The maximum absolute atomic E-state index is 12.3. The van der Waals surface area contributed by atoms with Gasteiger partial charge in [0.2, 0.25) is 5.91 Å². The van der Waals surface area contributed by atoms with E-state index in [1.807, 2.05) is 4.90 Å². The van der Waals surface area contributed by atoms with Gasteiger partial charge in [-0.3, -0.25) is 19.4 Å². The fraction of sp³-hybridized carbons (Fsp3) is 0.688. The fourth-order valence-electron chi connectivity index (χ4n) is 2.89. The molecule has 1 saturated heterocycles. The SMILES string of the molecule is CCCn1nccc1NC(=O)CN1CCOC(CN(C)CC(=O)O)C1. The van der Waals surface area contributed by atoms with Gasteiger partial charge < -0.3 is 15.2 Å². The van der Waals surface area contributed by atoms with Crippen LogP contribution in [0.5, 0.6) is 0 Å². The van der Waals surface area contributed by atoms with Crippen molar-refractivity contribution in [1.82, 2.24) is 19.6 Å². The highest BCUT2D eigenvalue weighted by Crippen LogP contribution is 2.09. The average molecular weight is 353 g/mol. The largest absolute Gasteiger partial charge is 0.480 e. The number of morpholine rings is 1. The van der Waals surface area contributed by atoms with Gasteiger partial charge in [-0.15, -0.1) is 0 Å². The first kappa shape index (κ1) is 19.4. The number of carboxylic acids is 1. The van der Waals surface area contributed by atoms with Crippen molar-refractivity contribution in [2.75, 3.05) is 51.7 Å². The maximum Gasteiger partial charge on any atom is 0.317 e. The topological polar surface area (TPSA) is 99.9 Å². The number of nitrogens with one attached hydrogen (secondary N) is 1. The summed E-state index contributed by atoms with van der Waals surface area (Å²) in [6.45, 7) is 5.41. The molecule has 140 valence electrons. The third kappa shape index (κ3) is 6.45. The Morgan fingerprint density at radius 2 is 2.32 bits per heavy atom. The summed E-state index contributed by atoms with van der Waals surface area (Å²) in [7, 11) is 1.75. The number of aryl methyl sites for hydroxylation is 1. The van der Waals surface area contributed by atoms with Crippen LogP contribution in [0.25, 0.3) is 0 Å². The number of hydrogen-bond acceptors (Lipinski definition) is 6. The van der Waals surface area contributed by atoms with Crippen molar-refractivity contribution < 1.29 is 19.4 Å². The molecular formula is C16H27N5O4. The summed E-state index contributed by atoms with van der Waals surface area (Å²) in [6.07, 6.45) is 2.52. The second-order valence-electron chi connectivity index (χ2n) is 6.31. The molecule has 1 amide bonds. The van der Waals surface area contributed by atoms with E-state index in [9.17, 15) is 9.59 Å². The Morgan fingerprint density at radius 3 is 3.04 bits per heavy atom. The van der Waals surface area contributed by atoms with E-state index in [1.54, 1.807) is 28.9 Å². The third-order valence-electron chi connectivity index (χ3n) is 3.93. The summed E-state index contributed by atoms with van der Waals surface area (Å²) >= 11 is 0. The molecular weight excluding hydrogens is 326 g/mol. The summed E-state index contributed by atoms with van der Waals surface area (Å²) in [5.41, 5.74) is 0. The van der Waals surface area contributed by atoms with Crippen LogP contribution >= 0.6 is 0 Å². The number of aliphatic carboxylic acids is 1. The average Bonchev–Trinajstić information content (AvgIpc) is 2.94. The van der Waals surface area contributed by atoms with Crippen LogP contribution in [0.2, 0.25) is 0 Å². The highest BCUT2D eigenvalue weighted by atomic mass is 16.5. The molecule has 1 aliphatic rings. The normalized spacial score (nSPS) is 18.4. The number of carbonyl (C=O) groups excluding carboxylic acids is 1. The van der Waals surface area contributed by atoms with Crippen molar-refractivity contribution >= 4 is 17.7 Å². The van der Waals surface area contributed by atoms with Gasteiger partial charge in [0.1, 0.15) is 5.82 Å². The first-order valence-electron chi connectivity index (χ1n) is 8.54. The molecule has 0 aliphatic carbocycles. The van der Waals surface area contributed by atoms with Crippen molar-refractivity contribution in [1.29, 1.82) is 0 Å². The molecule has 1 unspecified atom stereocenters. The van der Waals surface area contributed by atoms with E-state index in [4.69, 9.17) is 9.84 Å². The lowest BCUT2D eigenvalue weighted by molar-refractivity contribution is -0.138.